The molecular weight excluding hydrogens is 350 g/mol. The van der Waals surface area contributed by atoms with Crippen molar-refractivity contribution in [3.8, 4) is 0 Å². The first-order valence-electron chi connectivity index (χ1n) is 9.60. The summed E-state index contributed by atoms with van der Waals surface area (Å²) in [6, 6.07) is 18.4. The molecule has 0 unspecified atom stereocenters. The van der Waals surface area contributed by atoms with Crippen LogP contribution in [0.4, 0.5) is 10.6 Å². The molecule has 6 nitrogen and oxygen atoms in total. The van der Waals surface area contributed by atoms with Gasteiger partial charge in [-0.15, -0.1) is 5.10 Å². The van der Waals surface area contributed by atoms with E-state index < -0.39 is 0 Å². The predicted octanol–water partition coefficient (Wildman–Crippen LogP) is 3.69. The molecule has 6 heteroatoms. The molecule has 0 aliphatic carbocycles. The van der Waals surface area contributed by atoms with E-state index in [1.54, 1.807) is 10.9 Å². The molecule has 0 spiro atoms. The molecule has 0 saturated carbocycles. The third kappa shape index (κ3) is 3.91. The highest BCUT2D eigenvalue weighted by Gasteiger charge is 2.31. The topological polar surface area (TPSA) is 63.1 Å². The van der Waals surface area contributed by atoms with Crippen LogP contribution in [0.5, 0.6) is 0 Å². The van der Waals surface area contributed by atoms with Crippen molar-refractivity contribution in [2.45, 2.75) is 32.2 Å². The number of carbonyl (C=O) groups excluding carboxylic acids is 1. The number of carbonyl (C=O) groups is 1. The van der Waals surface area contributed by atoms with E-state index in [0.29, 0.717) is 25.5 Å². The van der Waals surface area contributed by atoms with E-state index in [9.17, 15) is 4.79 Å². The van der Waals surface area contributed by atoms with Crippen LogP contribution in [0.2, 0.25) is 0 Å². The number of hydrogen-bond donors (Lipinski definition) is 1. The highest BCUT2D eigenvalue weighted by Crippen LogP contribution is 2.30. The number of anilines is 1. The molecule has 1 aliphatic rings. The maximum atomic E-state index is 12.9. The number of urea groups is 1. The molecule has 0 fully saturated rings. The van der Waals surface area contributed by atoms with Crippen LogP contribution in [-0.2, 0) is 18.4 Å². The lowest BCUT2D eigenvalue weighted by molar-refractivity contribution is 0.202. The first kappa shape index (κ1) is 18.2. The van der Waals surface area contributed by atoms with Gasteiger partial charge in [0.25, 0.3) is 0 Å². The van der Waals surface area contributed by atoms with Crippen LogP contribution in [0, 0.1) is 0 Å². The molecular formula is C22H25N5O. The average molecular weight is 375 g/mol. The van der Waals surface area contributed by atoms with E-state index in [1.807, 2.05) is 35.2 Å². The SMILES string of the molecule is CC1(C)CN(C(=O)Nc2cn(Cc3ccccc3)nn2)CCc2ccccc21. The van der Waals surface area contributed by atoms with Gasteiger partial charge in [-0.05, 0) is 23.1 Å². The van der Waals surface area contributed by atoms with E-state index in [1.165, 1.54) is 11.1 Å². The third-order valence-electron chi connectivity index (χ3n) is 5.23. The van der Waals surface area contributed by atoms with E-state index in [-0.39, 0.29) is 11.4 Å². The van der Waals surface area contributed by atoms with E-state index >= 15 is 0 Å². The van der Waals surface area contributed by atoms with E-state index in [0.717, 1.165) is 12.0 Å². The summed E-state index contributed by atoms with van der Waals surface area (Å²) in [6.45, 7) is 6.34. The highest BCUT2D eigenvalue weighted by molar-refractivity contribution is 5.88. The van der Waals surface area contributed by atoms with Gasteiger partial charge in [0.2, 0.25) is 0 Å². The first-order chi connectivity index (χ1) is 13.5. The van der Waals surface area contributed by atoms with Crippen LogP contribution in [0.1, 0.15) is 30.5 Å². The van der Waals surface area contributed by atoms with Gasteiger partial charge in [-0.2, -0.15) is 0 Å². The van der Waals surface area contributed by atoms with Crippen molar-refractivity contribution in [2.24, 2.45) is 0 Å². The molecule has 3 aromatic rings. The fourth-order valence-corrected chi connectivity index (χ4v) is 3.86. The second-order valence-electron chi connectivity index (χ2n) is 7.93. The minimum Gasteiger partial charge on any atom is -0.323 e. The van der Waals surface area contributed by atoms with Crippen molar-refractivity contribution in [1.82, 2.24) is 19.9 Å². The number of amides is 2. The van der Waals surface area contributed by atoms with Crippen molar-refractivity contribution in [2.75, 3.05) is 18.4 Å². The zero-order valence-corrected chi connectivity index (χ0v) is 16.3. The smallest absolute Gasteiger partial charge is 0.323 e. The van der Waals surface area contributed by atoms with E-state index in [2.05, 4.69) is 53.7 Å². The van der Waals surface area contributed by atoms with Gasteiger partial charge < -0.3 is 4.90 Å². The summed E-state index contributed by atoms with van der Waals surface area (Å²) in [5, 5.41) is 11.1. The molecule has 28 heavy (non-hydrogen) atoms. The molecule has 1 N–H and O–H groups in total. The normalized spacial score (nSPS) is 15.6. The summed E-state index contributed by atoms with van der Waals surface area (Å²) in [4.78, 5) is 14.7. The summed E-state index contributed by atoms with van der Waals surface area (Å²) >= 11 is 0. The van der Waals surface area contributed by atoms with Crippen molar-refractivity contribution in [3.05, 3.63) is 77.5 Å². The van der Waals surface area contributed by atoms with Gasteiger partial charge in [0, 0.05) is 18.5 Å². The number of nitrogens with zero attached hydrogens (tertiary/aromatic N) is 4. The summed E-state index contributed by atoms with van der Waals surface area (Å²) in [6.07, 6.45) is 2.62. The van der Waals surface area contributed by atoms with Gasteiger partial charge in [-0.3, -0.25) is 5.32 Å². The first-order valence-corrected chi connectivity index (χ1v) is 9.60. The molecule has 4 rings (SSSR count). The number of rotatable bonds is 3. The van der Waals surface area contributed by atoms with Crippen molar-refractivity contribution >= 4 is 11.8 Å². The third-order valence-corrected chi connectivity index (χ3v) is 5.23. The Morgan fingerprint density at radius 3 is 2.68 bits per heavy atom. The largest absolute Gasteiger partial charge is 0.323 e. The quantitative estimate of drug-likeness (QED) is 0.759. The van der Waals surface area contributed by atoms with Gasteiger partial charge in [-0.1, -0.05) is 73.7 Å². The number of aromatic nitrogens is 3. The van der Waals surface area contributed by atoms with E-state index in [4.69, 9.17) is 0 Å². The molecule has 0 atom stereocenters. The fourth-order valence-electron chi connectivity index (χ4n) is 3.86. The Labute approximate surface area is 165 Å². The Morgan fingerprint density at radius 1 is 1.11 bits per heavy atom. The van der Waals surface area contributed by atoms with Gasteiger partial charge in [0.05, 0.1) is 12.7 Å². The number of benzene rings is 2. The molecule has 0 saturated heterocycles. The van der Waals surface area contributed by atoms with Crippen LogP contribution in [0.25, 0.3) is 0 Å². The molecule has 0 radical (unpaired) electrons. The molecule has 2 aromatic carbocycles. The standard InChI is InChI=1S/C22H25N5O/c1-22(2)16-26(13-12-18-10-6-7-11-19(18)22)21(28)23-20-15-27(25-24-20)14-17-8-4-3-5-9-17/h3-11,15H,12-14,16H2,1-2H3,(H,23,28). The molecule has 0 bridgehead atoms. The lowest BCUT2D eigenvalue weighted by Crippen LogP contribution is -2.42. The van der Waals surface area contributed by atoms with Crippen LogP contribution in [0.15, 0.2) is 60.8 Å². The van der Waals surface area contributed by atoms with Crippen molar-refractivity contribution in [3.63, 3.8) is 0 Å². The molecule has 1 aliphatic heterocycles. The zero-order valence-electron chi connectivity index (χ0n) is 16.3. The number of nitrogens with one attached hydrogen (secondary N) is 1. The summed E-state index contributed by atoms with van der Waals surface area (Å²) in [5.41, 5.74) is 3.67. The maximum Gasteiger partial charge on any atom is 0.323 e. The minimum absolute atomic E-state index is 0.102. The van der Waals surface area contributed by atoms with Gasteiger partial charge in [0.1, 0.15) is 0 Å². The summed E-state index contributed by atoms with van der Waals surface area (Å²) in [7, 11) is 0. The molecule has 2 amide bonds. The summed E-state index contributed by atoms with van der Waals surface area (Å²) < 4.78 is 1.73. The van der Waals surface area contributed by atoms with Crippen molar-refractivity contribution in [1.29, 1.82) is 0 Å². The number of fused-ring (bicyclic) bond motifs is 1. The number of hydrogen-bond acceptors (Lipinski definition) is 3. The maximum absolute atomic E-state index is 12.9. The molecule has 1 aromatic heterocycles. The lowest BCUT2D eigenvalue weighted by atomic mass is 9.82. The van der Waals surface area contributed by atoms with Gasteiger partial charge in [-0.25, -0.2) is 9.48 Å². The second-order valence-corrected chi connectivity index (χ2v) is 7.93. The monoisotopic (exact) mass is 375 g/mol. The zero-order chi connectivity index (χ0) is 19.6. The predicted molar refractivity (Wildman–Crippen MR) is 109 cm³/mol. The Hall–Kier alpha value is -3.15. The van der Waals surface area contributed by atoms with Crippen LogP contribution in [0.3, 0.4) is 0 Å². The van der Waals surface area contributed by atoms with Crippen LogP contribution in [-0.4, -0.2) is 39.0 Å². The Bertz CT molecular complexity index is 964. The Morgan fingerprint density at radius 2 is 1.86 bits per heavy atom. The van der Waals surface area contributed by atoms with Crippen LogP contribution >= 0.6 is 0 Å². The summed E-state index contributed by atoms with van der Waals surface area (Å²) in [5.74, 6) is 0.473. The Balaban J connectivity index is 1.43. The average Bonchev–Trinajstić information content (AvgIpc) is 3.06. The molecule has 144 valence electrons. The van der Waals surface area contributed by atoms with Gasteiger partial charge >= 0.3 is 6.03 Å². The van der Waals surface area contributed by atoms with Crippen molar-refractivity contribution < 1.29 is 4.79 Å². The Kier molecular flexibility index (Phi) is 4.86. The van der Waals surface area contributed by atoms with Crippen LogP contribution < -0.4 is 5.32 Å². The van der Waals surface area contributed by atoms with Gasteiger partial charge in [0.15, 0.2) is 5.82 Å². The second kappa shape index (κ2) is 7.46. The highest BCUT2D eigenvalue weighted by atomic mass is 16.2. The lowest BCUT2D eigenvalue weighted by Gasteiger charge is -2.30. The fraction of sp³-hybridized carbons (Fsp3) is 0.318. The minimum atomic E-state index is -0.132. The molecule has 2 heterocycles.